The fourth-order valence-corrected chi connectivity index (χ4v) is 4.05. The number of nitro benzene ring substituents is 1. The van der Waals surface area contributed by atoms with Gasteiger partial charge in [-0.2, -0.15) is 0 Å². The fraction of sp³-hybridized carbons (Fsp3) is 0.423. The highest BCUT2D eigenvalue weighted by Gasteiger charge is 2.51. The van der Waals surface area contributed by atoms with E-state index in [9.17, 15) is 14.9 Å². The van der Waals surface area contributed by atoms with Crippen molar-refractivity contribution in [3.63, 3.8) is 0 Å². The zero-order valence-corrected chi connectivity index (χ0v) is 19.9. The van der Waals surface area contributed by atoms with Gasteiger partial charge in [0.15, 0.2) is 0 Å². The second-order valence-electron chi connectivity index (χ2n) is 9.64. The van der Waals surface area contributed by atoms with Gasteiger partial charge in [0.05, 0.1) is 11.0 Å². The SMILES string of the molecule is CC(C)(C)OC(=O)N1[C@H](CCC=Cc2ccc([N+](=O)[O-])cc2)[C@@H](c2ccccc2)OC1(C)C. The van der Waals surface area contributed by atoms with Gasteiger partial charge in [-0.3, -0.25) is 15.0 Å². The Morgan fingerprint density at radius 2 is 1.79 bits per heavy atom. The zero-order chi connectivity index (χ0) is 24.2. The van der Waals surface area contributed by atoms with Gasteiger partial charge < -0.3 is 9.47 Å². The van der Waals surface area contributed by atoms with Gasteiger partial charge in [-0.15, -0.1) is 0 Å². The first-order valence-electron chi connectivity index (χ1n) is 11.1. The molecule has 2 aromatic rings. The fourth-order valence-electron chi connectivity index (χ4n) is 4.05. The predicted octanol–water partition coefficient (Wildman–Crippen LogP) is 6.50. The Balaban J connectivity index is 1.79. The van der Waals surface area contributed by atoms with E-state index in [4.69, 9.17) is 9.47 Å². The van der Waals surface area contributed by atoms with Crippen molar-refractivity contribution in [2.45, 2.75) is 70.9 Å². The number of hydrogen-bond acceptors (Lipinski definition) is 5. The van der Waals surface area contributed by atoms with Crippen LogP contribution in [0, 0.1) is 10.1 Å². The van der Waals surface area contributed by atoms with E-state index in [1.54, 1.807) is 17.0 Å². The largest absolute Gasteiger partial charge is 0.444 e. The minimum absolute atomic E-state index is 0.0659. The van der Waals surface area contributed by atoms with E-state index in [2.05, 4.69) is 0 Å². The van der Waals surface area contributed by atoms with Crippen molar-refractivity contribution in [2.75, 3.05) is 0 Å². The van der Waals surface area contributed by atoms with E-state index in [0.717, 1.165) is 11.1 Å². The number of nitrogens with zero attached hydrogens (tertiary/aromatic N) is 2. The maximum absolute atomic E-state index is 13.2. The van der Waals surface area contributed by atoms with Gasteiger partial charge in [0.2, 0.25) is 0 Å². The Morgan fingerprint density at radius 3 is 2.36 bits per heavy atom. The highest BCUT2D eigenvalue weighted by Crippen LogP contribution is 2.43. The van der Waals surface area contributed by atoms with Crippen LogP contribution in [-0.4, -0.2) is 33.3 Å². The summed E-state index contributed by atoms with van der Waals surface area (Å²) in [6.45, 7) is 9.33. The smallest absolute Gasteiger partial charge is 0.412 e. The molecule has 0 unspecified atom stereocenters. The van der Waals surface area contributed by atoms with Gasteiger partial charge >= 0.3 is 6.09 Å². The Kier molecular flexibility index (Phi) is 7.22. The second kappa shape index (κ2) is 9.75. The number of allylic oxidation sites excluding steroid dienone is 1. The van der Waals surface area contributed by atoms with Gasteiger partial charge in [0, 0.05) is 12.1 Å². The number of amides is 1. The lowest BCUT2D eigenvalue weighted by molar-refractivity contribution is -0.384. The van der Waals surface area contributed by atoms with Crippen molar-refractivity contribution < 1.29 is 19.2 Å². The van der Waals surface area contributed by atoms with Gasteiger partial charge in [0.25, 0.3) is 5.69 Å². The summed E-state index contributed by atoms with van der Waals surface area (Å²) in [5.41, 5.74) is 0.526. The van der Waals surface area contributed by atoms with E-state index < -0.39 is 22.3 Å². The molecular formula is C26H32N2O5. The molecule has 0 aliphatic carbocycles. The summed E-state index contributed by atoms with van der Waals surface area (Å²) in [6, 6.07) is 16.1. The summed E-state index contributed by atoms with van der Waals surface area (Å²) in [7, 11) is 0. The molecule has 176 valence electrons. The summed E-state index contributed by atoms with van der Waals surface area (Å²) in [5.74, 6) is 0. The molecule has 7 nitrogen and oxygen atoms in total. The highest BCUT2D eigenvalue weighted by atomic mass is 16.6. The number of carbonyl (C=O) groups is 1. The van der Waals surface area contributed by atoms with E-state index >= 15 is 0 Å². The van der Waals surface area contributed by atoms with E-state index in [0.29, 0.717) is 12.8 Å². The average molecular weight is 453 g/mol. The van der Waals surface area contributed by atoms with Gasteiger partial charge in [-0.25, -0.2) is 4.79 Å². The number of nitro groups is 1. The molecule has 1 aliphatic rings. The topological polar surface area (TPSA) is 81.9 Å². The van der Waals surface area contributed by atoms with Crippen molar-refractivity contribution >= 4 is 17.9 Å². The van der Waals surface area contributed by atoms with Crippen LogP contribution in [0.15, 0.2) is 60.7 Å². The molecule has 0 N–H and O–H groups in total. The number of rotatable bonds is 6. The second-order valence-corrected chi connectivity index (χ2v) is 9.64. The Labute approximate surface area is 195 Å². The molecule has 3 rings (SSSR count). The van der Waals surface area contributed by atoms with Crippen molar-refractivity contribution in [1.29, 1.82) is 0 Å². The molecule has 2 aromatic carbocycles. The van der Waals surface area contributed by atoms with E-state index in [1.807, 2.05) is 77.1 Å². The molecule has 1 fully saturated rings. The van der Waals surface area contributed by atoms with Crippen LogP contribution >= 0.6 is 0 Å². The third-order valence-corrected chi connectivity index (χ3v) is 5.44. The lowest BCUT2D eigenvalue weighted by atomic mass is 9.97. The Hall–Kier alpha value is -3.19. The van der Waals surface area contributed by atoms with Crippen LogP contribution in [0.2, 0.25) is 0 Å². The van der Waals surface area contributed by atoms with Crippen LogP contribution < -0.4 is 0 Å². The third kappa shape index (κ3) is 6.20. The number of ether oxygens (including phenoxy) is 2. The molecule has 0 spiro atoms. The number of benzene rings is 2. The minimum Gasteiger partial charge on any atom is -0.444 e. The zero-order valence-electron chi connectivity index (χ0n) is 19.9. The lowest BCUT2D eigenvalue weighted by Crippen LogP contribution is -2.49. The van der Waals surface area contributed by atoms with Crippen LogP contribution in [0.5, 0.6) is 0 Å². The van der Waals surface area contributed by atoms with Crippen molar-refractivity contribution in [1.82, 2.24) is 4.90 Å². The van der Waals surface area contributed by atoms with E-state index in [-0.39, 0.29) is 17.8 Å². The van der Waals surface area contributed by atoms with Gasteiger partial charge in [-0.1, -0.05) is 42.5 Å². The maximum atomic E-state index is 13.2. The predicted molar refractivity (Wildman–Crippen MR) is 128 cm³/mol. The average Bonchev–Trinajstić information content (AvgIpc) is 3.01. The first-order chi connectivity index (χ1) is 15.5. The van der Waals surface area contributed by atoms with Gasteiger partial charge in [-0.05, 0) is 70.7 Å². The first-order valence-corrected chi connectivity index (χ1v) is 11.1. The quantitative estimate of drug-likeness (QED) is 0.369. The molecule has 1 saturated heterocycles. The molecule has 0 aromatic heterocycles. The van der Waals surface area contributed by atoms with Crippen LogP contribution in [0.1, 0.15) is 64.7 Å². The maximum Gasteiger partial charge on any atom is 0.412 e. The normalized spacial score (nSPS) is 20.2. The third-order valence-electron chi connectivity index (χ3n) is 5.44. The van der Waals surface area contributed by atoms with Crippen LogP contribution in [0.3, 0.4) is 0 Å². The molecule has 7 heteroatoms. The van der Waals surface area contributed by atoms with Crippen LogP contribution in [0.4, 0.5) is 10.5 Å². The minimum atomic E-state index is -0.824. The summed E-state index contributed by atoms with van der Waals surface area (Å²) >= 11 is 0. The van der Waals surface area contributed by atoms with Crippen molar-refractivity contribution in [3.8, 4) is 0 Å². The number of non-ortho nitro benzene ring substituents is 1. The molecular weight excluding hydrogens is 420 g/mol. The molecule has 1 heterocycles. The molecule has 0 radical (unpaired) electrons. The Morgan fingerprint density at radius 1 is 1.15 bits per heavy atom. The van der Waals surface area contributed by atoms with E-state index in [1.165, 1.54) is 12.1 Å². The number of carbonyl (C=O) groups excluding carboxylic acids is 1. The number of hydrogen-bond donors (Lipinski definition) is 0. The van der Waals surface area contributed by atoms with Crippen molar-refractivity contribution in [3.05, 3.63) is 81.9 Å². The van der Waals surface area contributed by atoms with Gasteiger partial charge in [0.1, 0.15) is 17.4 Å². The molecule has 2 atom stereocenters. The molecule has 1 amide bonds. The van der Waals surface area contributed by atoms with Crippen LogP contribution in [0.25, 0.3) is 6.08 Å². The highest BCUT2D eigenvalue weighted by molar-refractivity contribution is 5.70. The summed E-state index contributed by atoms with van der Waals surface area (Å²) < 4.78 is 12.1. The summed E-state index contributed by atoms with van der Waals surface area (Å²) in [5, 5.41) is 10.8. The molecule has 0 saturated carbocycles. The summed E-state index contributed by atoms with van der Waals surface area (Å²) in [6.07, 6.45) is 4.65. The van der Waals surface area contributed by atoms with Crippen molar-refractivity contribution in [2.24, 2.45) is 0 Å². The van der Waals surface area contributed by atoms with Crippen LogP contribution in [-0.2, 0) is 9.47 Å². The molecule has 33 heavy (non-hydrogen) atoms. The lowest BCUT2D eigenvalue weighted by Gasteiger charge is -2.35. The molecule has 0 bridgehead atoms. The summed E-state index contributed by atoms with van der Waals surface area (Å²) in [4.78, 5) is 25.3. The Bertz CT molecular complexity index is 994. The first kappa shape index (κ1) is 24.5. The standard InChI is InChI=1S/C26H32N2O5/c1-25(2,3)33-24(29)27-22(23(32-26(27,4)5)20-12-7-6-8-13-20)14-10-9-11-19-15-17-21(18-16-19)28(30)31/h6-9,11-13,15-18,22-23H,10,14H2,1-5H3/t22-,23-/m1/s1. The molecule has 1 aliphatic heterocycles. The monoisotopic (exact) mass is 452 g/mol.